The summed E-state index contributed by atoms with van der Waals surface area (Å²) in [7, 11) is 0. The van der Waals surface area contributed by atoms with Gasteiger partial charge in [-0.3, -0.25) is 4.79 Å². The fourth-order valence-corrected chi connectivity index (χ4v) is 7.17. The van der Waals surface area contributed by atoms with E-state index < -0.39 is 5.60 Å². The normalized spacial score (nSPS) is 41.5. The zero-order chi connectivity index (χ0) is 21.3. The van der Waals surface area contributed by atoms with Crippen LogP contribution in [0.25, 0.3) is 0 Å². The third kappa shape index (κ3) is 3.63. The molecule has 0 aromatic carbocycles. The first-order chi connectivity index (χ1) is 14.9. The molecule has 5 saturated carbocycles. The summed E-state index contributed by atoms with van der Waals surface area (Å²) in [5, 5.41) is 14.2. The van der Waals surface area contributed by atoms with Crippen molar-refractivity contribution in [1.29, 1.82) is 0 Å². The molecule has 5 aliphatic carbocycles. The van der Waals surface area contributed by atoms with Gasteiger partial charge >= 0.3 is 0 Å². The van der Waals surface area contributed by atoms with Gasteiger partial charge in [0.05, 0.1) is 29.1 Å². The summed E-state index contributed by atoms with van der Waals surface area (Å²) in [6.45, 7) is 5.70. The number of amides is 1. The Morgan fingerprint density at radius 2 is 1.84 bits per heavy atom. The molecule has 4 bridgehead atoms. The molecule has 6 fully saturated rings. The molecule has 4 atom stereocenters. The van der Waals surface area contributed by atoms with E-state index in [2.05, 4.69) is 29.0 Å². The number of hydrogen-bond donors (Lipinski definition) is 2. The summed E-state index contributed by atoms with van der Waals surface area (Å²) in [6, 6.07) is 0.178. The van der Waals surface area contributed by atoms with E-state index >= 15 is 0 Å². The lowest BCUT2D eigenvalue weighted by molar-refractivity contribution is -0.136. The van der Waals surface area contributed by atoms with E-state index in [4.69, 9.17) is 9.72 Å². The predicted molar refractivity (Wildman–Crippen MR) is 116 cm³/mol. The summed E-state index contributed by atoms with van der Waals surface area (Å²) in [4.78, 5) is 25.1. The number of nitrogens with zero attached hydrogens (tertiary/aromatic N) is 3. The Morgan fingerprint density at radius 1 is 1.16 bits per heavy atom. The number of hydrogen-bond acceptors (Lipinski definition) is 6. The molecule has 1 saturated heterocycles. The number of anilines is 1. The first kappa shape index (κ1) is 19.9. The van der Waals surface area contributed by atoms with Gasteiger partial charge in [-0.05, 0) is 76.5 Å². The van der Waals surface area contributed by atoms with E-state index in [0.29, 0.717) is 29.2 Å². The lowest BCUT2D eigenvalue weighted by Gasteiger charge is -2.58. The van der Waals surface area contributed by atoms with E-state index in [-0.39, 0.29) is 24.2 Å². The van der Waals surface area contributed by atoms with Gasteiger partial charge < -0.3 is 20.1 Å². The lowest BCUT2D eigenvalue weighted by atomic mass is 9.52. The quantitative estimate of drug-likeness (QED) is 0.770. The summed E-state index contributed by atoms with van der Waals surface area (Å²) >= 11 is 0. The summed E-state index contributed by atoms with van der Waals surface area (Å²) in [5.41, 5.74) is 1.08. The monoisotopic (exact) mass is 426 g/mol. The van der Waals surface area contributed by atoms with Crippen molar-refractivity contribution in [2.75, 3.05) is 18.0 Å². The maximum Gasteiger partial charge on any atom is 0.254 e. The van der Waals surface area contributed by atoms with Crippen LogP contribution in [0.15, 0.2) is 6.20 Å². The highest BCUT2D eigenvalue weighted by Crippen LogP contribution is 2.55. The number of rotatable bonds is 4. The molecule has 2 N–H and O–H groups in total. The summed E-state index contributed by atoms with van der Waals surface area (Å²) < 4.78 is 5.85. The van der Waals surface area contributed by atoms with E-state index in [0.717, 1.165) is 69.7 Å². The summed E-state index contributed by atoms with van der Waals surface area (Å²) in [5.74, 6) is 2.51. The van der Waals surface area contributed by atoms with Crippen LogP contribution in [-0.2, 0) is 4.74 Å². The van der Waals surface area contributed by atoms with Gasteiger partial charge in [0.25, 0.3) is 5.91 Å². The van der Waals surface area contributed by atoms with Crippen molar-refractivity contribution in [3.05, 3.63) is 17.5 Å². The second-order valence-corrected chi connectivity index (χ2v) is 11.1. The summed E-state index contributed by atoms with van der Waals surface area (Å²) in [6.07, 6.45) is 9.14. The van der Waals surface area contributed by atoms with E-state index in [9.17, 15) is 9.90 Å². The third-order valence-corrected chi connectivity index (χ3v) is 8.26. The molecule has 1 aliphatic heterocycles. The maximum atomic E-state index is 13.4. The minimum atomic E-state index is -0.478. The van der Waals surface area contributed by atoms with E-state index in [1.807, 2.05) is 0 Å². The Kier molecular flexibility index (Phi) is 4.59. The zero-order valence-electron chi connectivity index (χ0n) is 18.6. The molecule has 31 heavy (non-hydrogen) atoms. The second-order valence-electron chi connectivity index (χ2n) is 11.1. The number of morpholine rings is 1. The first-order valence-electron chi connectivity index (χ1n) is 12.2. The molecule has 7 heteroatoms. The molecule has 0 spiro atoms. The Bertz CT molecular complexity index is 862. The van der Waals surface area contributed by atoms with Crippen LogP contribution in [0.4, 0.5) is 5.95 Å². The number of ether oxygens (including phenoxy) is 1. The fourth-order valence-electron chi connectivity index (χ4n) is 7.17. The highest BCUT2D eigenvalue weighted by molar-refractivity contribution is 5.95. The van der Waals surface area contributed by atoms with Gasteiger partial charge in [-0.15, -0.1) is 0 Å². The first-order valence-corrected chi connectivity index (χ1v) is 12.2. The largest absolute Gasteiger partial charge is 0.390 e. The van der Waals surface area contributed by atoms with E-state index in [1.165, 1.54) is 0 Å². The molecule has 1 aromatic heterocycles. The van der Waals surface area contributed by atoms with Crippen LogP contribution < -0.4 is 10.2 Å². The van der Waals surface area contributed by atoms with E-state index in [1.54, 1.807) is 6.20 Å². The van der Waals surface area contributed by atoms with Gasteiger partial charge in [-0.1, -0.05) is 0 Å². The fraction of sp³-hybridized carbons (Fsp3) is 0.792. The molecule has 2 unspecified atom stereocenters. The topological polar surface area (TPSA) is 87.6 Å². The molecule has 0 radical (unpaired) electrons. The van der Waals surface area contributed by atoms with Crippen molar-refractivity contribution in [3.63, 3.8) is 0 Å². The Morgan fingerprint density at radius 3 is 2.45 bits per heavy atom. The van der Waals surface area contributed by atoms with Crippen LogP contribution in [0.2, 0.25) is 0 Å². The van der Waals surface area contributed by atoms with Gasteiger partial charge in [0.2, 0.25) is 5.95 Å². The van der Waals surface area contributed by atoms with Gasteiger partial charge in [-0.2, -0.15) is 0 Å². The van der Waals surface area contributed by atoms with Crippen LogP contribution >= 0.6 is 0 Å². The van der Waals surface area contributed by atoms with Crippen LogP contribution in [0.5, 0.6) is 0 Å². The zero-order valence-corrected chi connectivity index (χ0v) is 18.6. The lowest BCUT2D eigenvalue weighted by Crippen LogP contribution is -2.61. The third-order valence-electron chi connectivity index (χ3n) is 8.26. The van der Waals surface area contributed by atoms with Gasteiger partial charge in [0.15, 0.2) is 0 Å². The minimum Gasteiger partial charge on any atom is -0.390 e. The highest BCUT2D eigenvalue weighted by atomic mass is 16.5. The molecular formula is C24H34N4O3. The molecule has 7 rings (SSSR count). The Hall–Kier alpha value is -1.73. The van der Waals surface area contributed by atoms with Crippen molar-refractivity contribution in [2.24, 2.45) is 17.8 Å². The van der Waals surface area contributed by atoms with Crippen molar-refractivity contribution in [1.82, 2.24) is 15.3 Å². The SMILES string of the molecule is C[C@@H]1CN(c2ncc(C(=O)NC3C4CC5CC3CC(O)(C5)C4)c(C3CC3)n2)C[C@H](C)O1. The average Bonchev–Trinajstić information content (AvgIpc) is 3.53. The maximum absolute atomic E-state index is 13.4. The molecule has 168 valence electrons. The molecule has 1 aromatic rings. The molecule has 6 aliphatic rings. The number of aromatic nitrogens is 2. The molecular weight excluding hydrogens is 392 g/mol. The Labute approximate surface area is 184 Å². The van der Waals surface area contributed by atoms with Gasteiger partial charge in [0.1, 0.15) is 0 Å². The Balaban J connectivity index is 1.22. The van der Waals surface area contributed by atoms with Crippen LogP contribution in [-0.4, -0.2) is 57.9 Å². The van der Waals surface area contributed by atoms with Crippen LogP contribution in [0.3, 0.4) is 0 Å². The minimum absolute atomic E-state index is 0.0263. The van der Waals surface area contributed by atoms with Crippen molar-refractivity contribution < 1.29 is 14.6 Å². The second kappa shape index (κ2) is 7.14. The highest BCUT2D eigenvalue weighted by Gasteiger charge is 2.55. The van der Waals surface area contributed by atoms with Crippen molar-refractivity contribution in [3.8, 4) is 0 Å². The van der Waals surface area contributed by atoms with Gasteiger partial charge in [-0.25, -0.2) is 9.97 Å². The molecule has 7 nitrogen and oxygen atoms in total. The average molecular weight is 427 g/mol. The van der Waals surface area contributed by atoms with Crippen LogP contribution in [0, 0.1) is 17.8 Å². The van der Waals surface area contributed by atoms with Crippen LogP contribution in [0.1, 0.15) is 80.8 Å². The number of nitrogens with one attached hydrogen (secondary N) is 1. The molecule has 2 heterocycles. The van der Waals surface area contributed by atoms with Crippen molar-refractivity contribution >= 4 is 11.9 Å². The van der Waals surface area contributed by atoms with Gasteiger partial charge in [0, 0.05) is 31.2 Å². The van der Waals surface area contributed by atoms with Crippen molar-refractivity contribution in [2.45, 2.75) is 88.6 Å². The number of carbonyl (C=O) groups excluding carboxylic acids is 1. The predicted octanol–water partition coefficient (Wildman–Crippen LogP) is 2.64. The number of carbonyl (C=O) groups is 1. The molecule has 1 amide bonds. The number of aliphatic hydroxyl groups is 1. The standard InChI is InChI=1S/C24H34N4O3/c1-13-11-28(12-14(2)31-13)23-25-10-19(21(27-23)16-3-4-16)22(29)26-20-17-5-15-6-18(20)9-24(30,7-15)8-17/h10,13-18,20,30H,3-9,11-12H2,1-2H3,(H,26,29)/t13-,14+,15?,17?,18?,20?,24?. The smallest absolute Gasteiger partial charge is 0.254 e.